The number of aliphatic hydroxyl groups excluding tert-OH is 1. The van der Waals surface area contributed by atoms with Crippen molar-refractivity contribution in [2.75, 3.05) is 32.7 Å². The number of hydrogen-bond donors (Lipinski definition) is 1. The molecular formula is C21H25N3O. The molecule has 4 heteroatoms. The molecule has 1 aliphatic rings. The Morgan fingerprint density at radius 3 is 2.32 bits per heavy atom. The lowest BCUT2D eigenvalue weighted by molar-refractivity contribution is 0.114. The maximum atomic E-state index is 10.4. The van der Waals surface area contributed by atoms with E-state index in [1.165, 1.54) is 5.56 Å². The van der Waals surface area contributed by atoms with E-state index in [-0.39, 0.29) is 0 Å². The third kappa shape index (κ3) is 5.14. The van der Waals surface area contributed by atoms with Crippen LogP contribution in [0.4, 0.5) is 0 Å². The number of nitriles is 1. The number of aliphatic hydroxyl groups is 1. The molecule has 1 N–H and O–H groups in total. The molecule has 0 radical (unpaired) electrons. The molecule has 3 rings (SSSR count). The van der Waals surface area contributed by atoms with Gasteiger partial charge in [0, 0.05) is 26.2 Å². The number of nitrogens with zero attached hydrogens (tertiary/aromatic N) is 3. The highest BCUT2D eigenvalue weighted by Gasteiger charge is 2.18. The first-order valence-corrected chi connectivity index (χ1v) is 8.91. The fraction of sp³-hybridized carbons (Fsp3) is 0.381. The van der Waals surface area contributed by atoms with Crippen molar-refractivity contribution in [3.63, 3.8) is 0 Å². The Kier molecular flexibility index (Phi) is 6.19. The Bertz CT molecular complexity index is 693. The van der Waals surface area contributed by atoms with Crippen molar-refractivity contribution < 1.29 is 5.11 Å². The van der Waals surface area contributed by atoms with Crippen molar-refractivity contribution in [2.45, 2.75) is 19.1 Å². The van der Waals surface area contributed by atoms with Crippen molar-refractivity contribution >= 4 is 0 Å². The van der Waals surface area contributed by atoms with E-state index < -0.39 is 6.10 Å². The SMILES string of the molecule is N#Cc1ccc(CN2CCCN(CC(O)c3ccccc3)CC2)cc1. The molecule has 25 heavy (non-hydrogen) atoms. The largest absolute Gasteiger partial charge is 0.387 e. The van der Waals surface area contributed by atoms with Crippen LogP contribution in [-0.2, 0) is 6.54 Å². The van der Waals surface area contributed by atoms with E-state index in [4.69, 9.17) is 5.26 Å². The van der Waals surface area contributed by atoms with Gasteiger partial charge in [-0.05, 0) is 42.8 Å². The minimum atomic E-state index is -0.425. The number of benzene rings is 2. The summed E-state index contributed by atoms with van der Waals surface area (Å²) in [7, 11) is 0. The monoisotopic (exact) mass is 335 g/mol. The second kappa shape index (κ2) is 8.77. The summed E-state index contributed by atoms with van der Waals surface area (Å²) in [5, 5.41) is 19.3. The van der Waals surface area contributed by atoms with Crippen LogP contribution in [0.5, 0.6) is 0 Å². The molecule has 1 heterocycles. The summed E-state index contributed by atoms with van der Waals surface area (Å²) in [4.78, 5) is 4.81. The van der Waals surface area contributed by atoms with E-state index in [1.54, 1.807) is 0 Å². The number of hydrogen-bond acceptors (Lipinski definition) is 4. The van der Waals surface area contributed by atoms with Gasteiger partial charge in [-0.1, -0.05) is 42.5 Å². The zero-order chi connectivity index (χ0) is 17.5. The van der Waals surface area contributed by atoms with Gasteiger partial charge in [-0.2, -0.15) is 5.26 Å². The van der Waals surface area contributed by atoms with Gasteiger partial charge in [0.25, 0.3) is 0 Å². The highest BCUT2D eigenvalue weighted by molar-refractivity contribution is 5.31. The van der Waals surface area contributed by atoms with E-state index >= 15 is 0 Å². The first kappa shape index (κ1) is 17.6. The Morgan fingerprint density at radius 1 is 0.920 bits per heavy atom. The van der Waals surface area contributed by atoms with Gasteiger partial charge in [0.2, 0.25) is 0 Å². The normalized spacial score (nSPS) is 17.6. The lowest BCUT2D eigenvalue weighted by Gasteiger charge is -2.24. The molecule has 130 valence electrons. The zero-order valence-electron chi connectivity index (χ0n) is 14.5. The summed E-state index contributed by atoms with van der Waals surface area (Å²) in [6.07, 6.45) is 0.684. The second-order valence-corrected chi connectivity index (χ2v) is 6.67. The highest BCUT2D eigenvalue weighted by Crippen LogP contribution is 2.16. The average molecular weight is 335 g/mol. The molecular weight excluding hydrogens is 310 g/mol. The average Bonchev–Trinajstić information content (AvgIpc) is 2.88. The predicted molar refractivity (Wildman–Crippen MR) is 98.9 cm³/mol. The Hall–Kier alpha value is -2.19. The van der Waals surface area contributed by atoms with E-state index in [9.17, 15) is 5.11 Å². The quantitative estimate of drug-likeness (QED) is 0.913. The van der Waals surface area contributed by atoms with Crippen LogP contribution in [0, 0.1) is 11.3 Å². The van der Waals surface area contributed by atoms with Gasteiger partial charge in [0.1, 0.15) is 0 Å². The first-order valence-electron chi connectivity index (χ1n) is 8.91. The fourth-order valence-corrected chi connectivity index (χ4v) is 3.33. The van der Waals surface area contributed by atoms with Gasteiger partial charge in [-0.25, -0.2) is 0 Å². The van der Waals surface area contributed by atoms with Crippen LogP contribution in [0.2, 0.25) is 0 Å². The smallest absolute Gasteiger partial charge is 0.0991 e. The van der Waals surface area contributed by atoms with E-state index in [0.29, 0.717) is 12.1 Å². The summed E-state index contributed by atoms with van der Waals surface area (Å²) in [6, 6.07) is 19.9. The summed E-state index contributed by atoms with van der Waals surface area (Å²) >= 11 is 0. The van der Waals surface area contributed by atoms with Crippen molar-refractivity contribution in [3.8, 4) is 6.07 Å². The number of rotatable bonds is 5. The Labute approximate surface area is 149 Å². The number of β-amino-alcohol motifs (C(OH)–C–C–N with tert-alkyl or cyclic N) is 1. The fourth-order valence-electron chi connectivity index (χ4n) is 3.33. The molecule has 0 aliphatic carbocycles. The second-order valence-electron chi connectivity index (χ2n) is 6.67. The van der Waals surface area contributed by atoms with Gasteiger partial charge in [-0.15, -0.1) is 0 Å². The lowest BCUT2D eigenvalue weighted by Crippen LogP contribution is -2.33. The van der Waals surface area contributed by atoms with Gasteiger partial charge in [0.05, 0.1) is 17.7 Å². The maximum absolute atomic E-state index is 10.4. The van der Waals surface area contributed by atoms with E-state index in [1.807, 2.05) is 54.6 Å². The van der Waals surface area contributed by atoms with Crippen molar-refractivity contribution in [3.05, 3.63) is 71.3 Å². The standard InChI is InChI=1S/C21H25N3O/c22-15-18-7-9-19(10-8-18)16-23-11-4-12-24(14-13-23)17-21(25)20-5-2-1-3-6-20/h1-3,5-10,21,25H,4,11-14,16-17H2. The van der Waals surface area contributed by atoms with E-state index in [0.717, 1.165) is 44.7 Å². The molecule has 1 aliphatic heterocycles. The minimum absolute atomic E-state index is 0.425. The van der Waals surface area contributed by atoms with Crippen LogP contribution >= 0.6 is 0 Å². The van der Waals surface area contributed by atoms with E-state index in [2.05, 4.69) is 15.9 Å². The van der Waals surface area contributed by atoms with Crippen LogP contribution in [-0.4, -0.2) is 47.6 Å². The predicted octanol–water partition coefficient (Wildman–Crippen LogP) is 2.80. The molecule has 1 atom stereocenters. The van der Waals surface area contributed by atoms with Gasteiger partial charge < -0.3 is 5.11 Å². The Morgan fingerprint density at radius 2 is 1.60 bits per heavy atom. The third-order valence-electron chi connectivity index (χ3n) is 4.79. The molecule has 0 saturated carbocycles. The lowest BCUT2D eigenvalue weighted by atomic mass is 10.1. The van der Waals surface area contributed by atoms with Crippen LogP contribution in [0.15, 0.2) is 54.6 Å². The molecule has 2 aromatic rings. The molecule has 0 amide bonds. The molecule has 1 unspecified atom stereocenters. The Balaban J connectivity index is 1.51. The van der Waals surface area contributed by atoms with Crippen LogP contribution in [0.3, 0.4) is 0 Å². The van der Waals surface area contributed by atoms with Crippen LogP contribution in [0.1, 0.15) is 29.2 Å². The van der Waals surface area contributed by atoms with Gasteiger partial charge >= 0.3 is 0 Å². The third-order valence-corrected chi connectivity index (χ3v) is 4.79. The first-order chi connectivity index (χ1) is 12.2. The molecule has 1 fully saturated rings. The molecule has 4 nitrogen and oxygen atoms in total. The zero-order valence-corrected chi connectivity index (χ0v) is 14.5. The van der Waals surface area contributed by atoms with Gasteiger partial charge in [0.15, 0.2) is 0 Å². The molecule has 2 aromatic carbocycles. The summed E-state index contributed by atoms with van der Waals surface area (Å²) in [6.45, 7) is 5.67. The summed E-state index contributed by atoms with van der Waals surface area (Å²) < 4.78 is 0. The van der Waals surface area contributed by atoms with Gasteiger partial charge in [-0.3, -0.25) is 9.80 Å². The highest BCUT2D eigenvalue weighted by atomic mass is 16.3. The minimum Gasteiger partial charge on any atom is -0.387 e. The molecule has 0 aromatic heterocycles. The topological polar surface area (TPSA) is 50.5 Å². The summed E-state index contributed by atoms with van der Waals surface area (Å²) in [5.41, 5.74) is 2.94. The maximum Gasteiger partial charge on any atom is 0.0991 e. The van der Waals surface area contributed by atoms with Crippen molar-refractivity contribution in [1.82, 2.24) is 9.80 Å². The van der Waals surface area contributed by atoms with Crippen molar-refractivity contribution in [1.29, 1.82) is 5.26 Å². The molecule has 0 spiro atoms. The van der Waals surface area contributed by atoms with Crippen LogP contribution < -0.4 is 0 Å². The summed E-state index contributed by atoms with van der Waals surface area (Å²) in [5.74, 6) is 0. The molecule has 1 saturated heterocycles. The van der Waals surface area contributed by atoms with Crippen molar-refractivity contribution in [2.24, 2.45) is 0 Å². The molecule has 0 bridgehead atoms. The van der Waals surface area contributed by atoms with Crippen LogP contribution in [0.25, 0.3) is 0 Å².